The number of aromatic nitrogens is 3. The molecule has 138 valence electrons. The summed E-state index contributed by atoms with van der Waals surface area (Å²) < 4.78 is 1.91. The van der Waals surface area contributed by atoms with Gasteiger partial charge in [0.1, 0.15) is 5.82 Å². The zero-order valence-electron chi connectivity index (χ0n) is 15.3. The molecule has 1 fully saturated rings. The number of hydrogen-bond acceptors (Lipinski definition) is 4. The number of hydrogen-bond donors (Lipinski definition) is 0. The van der Waals surface area contributed by atoms with Gasteiger partial charge in [0.2, 0.25) is 11.8 Å². The standard InChI is InChI=1S/C19H25N5O2/c1-22-12-10-21-17(22)14-23(2)19(26)15-6-7-18(25)24(13-15)11-8-16-5-3-4-9-20-16/h3-5,9-10,12,15H,6-8,11,13-14H2,1-2H3. The Morgan fingerprint density at radius 1 is 1.31 bits per heavy atom. The minimum atomic E-state index is -0.151. The van der Waals surface area contributed by atoms with Crippen LogP contribution in [0.3, 0.4) is 0 Å². The fraction of sp³-hybridized carbons (Fsp3) is 0.474. The minimum absolute atomic E-state index is 0.0725. The topological polar surface area (TPSA) is 71.3 Å². The molecule has 1 unspecified atom stereocenters. The van der Waals surface area contributed by atoms with Crippen LogP contribution in [0.5, 0.6) is 0 Å². The molecule has 7 nitrogen and oxygen atoms in total. The summed E-state index contributed by atoms with van der Waals surface area (Å²) in [5, 5.41) is 0. The highest BCUT2D eigenvalue weighted by Gasteiger charge is 2.31. The second kappa shape index (κ2) is 8.12. The maximum absolute atomic E-state index is 12.8. The molecule has 2 aromatic rings. The quantitative estimate of drug-likeness (QED) is 0.782. The lowest BCUT2D eigenvalue weighted by Gasteiger charge is -2.33. The molecular weight excluding hydrogens is 330 g/mol. The van der Waals surface area contributed by atoms with Crippen LogP contribution in [0.4, 0.5) is 0 Å². The monoisotopic (exact) mass is 355 g/mol. The Balaban J connectivity index is 1.57. The number of carbonyl (C=O) groups excluding carboxylic acids is 2. The summed E-state index contributed by atoms with van der Waals surface area (Å²) in [5.41, 5.74) is 0.959. The molecule has 0 saturated carbocycles. The number of piperidine rings is 1. The molecule has 1 aliphatic rings. The third kappa shape index (κ3) is 4.28. The molecule has 2 aromatic heterocycles. The lowest BCUT2D eigenvalue weighted by molar-refractivity contribution is -0.142. The average molecular weight is 355 g/mol. The Hall–Kier alpha value is -2.70. The highest BCUT2D eigenvalue weighted by molar-refractivity contribution is 5.83. The van der Waals surface area contributed by atoms with Gasteiger partial charge in [-0.05, 0) is 18.6 Å². The van der Waals surface area contributed by atoms with E-state index in [-0.39, 0.29) is 17.7 Å². The van der Waals surface area contributed by atoms with Gasteiger partial charge < -0.3 is 14.4 Å². The van der Waals surface area contributed by atoms with Gasteiger partial charge in [-0.25, -0.2) is 4.98 Å². The van der Waals surface area contributed by atoms with Gasteiger partial charge in [-0.1, -0.05) is 6.07 Å². The molecule has 26 heavy (non-hydrogen) atoms. The molecule has 0 N–H and O–H groups in total. The smallest absolute Gasteiger partial charge is 0.227 e. The largest absolute Gasteiger partial charge is 0.342 e. The van der Waals surface area contributed by atoms with E-state index >= 15 is 0 Å². The average Bonchev–Trinajstić information content (AvgIpc) is 3.06. The lowest BCUT2D eigenvalue weighted by Crippen LogP contribution is -2.46. The van der Waals surface area contributed by atoms with E-state index in [0.717, 1.165) is 11.5 Å². The number of aryl methyl sites for hydroxylation is 1. The maximum Gasteiger partial charge on any atom is 0.227 e. The van der Waals surface area contributed by atoms with Crippen LogP contribution in [0.2, 0.25) is 0 Å². The molecule has 0 spiro atoms. The van der Waals surface area contributed by atoms with E-state index in [1.807, 2.05) is 36.0 Å². The van der Waals surface area contributed by atoms with Crippen LogP contribution in [0.15, 0.2) is 36.8 Å². The van der Waals surface area contributed by atoms with Crippen molar-refractivity contribution in [3.05, 3.63) is 48.3 Å². The maximum atomic E-state index is 12.8. The van der Waals surface area contributed by atoms with Crippen molar-refractivity contribution in [2.45, 2.75) is 25.8 Å². The molecule has 2 amide bonds. The Labute approximate surface area is 153 Å². The number of imidazole rings is 1. The number of likely N-dealkylation sites (tertiary alicyclic amines) is 1. The summed E-state index contributed by atoms with van der Waals surface area (Å²) in [6.45, 7) is 1.55. The zero-order chi connectivity index (χ0) is 18.5. The highest BCUT2D eigenvalue weighted by Crippen LogP contribution is 2.20. The van der Waals surface area contributed by atoms with E-state index in [4.69, 9.17) is 0 Å². The van der Waals surface area contributed by atoms with E-state index in [1.54, 1.807) is 29.2 Å². The molecule has 1 aliphatic heterocycles. The number of carbonyl (C=O) groups is 2. The third-order valence-electron chi connectivity index (χ3n) is 4.89. The van der Waals surface area contributed by atoms with Gasteiger partial charge in [-0.15, -0.1) is 0 Å². The Morgan fingerprint density at radius 3 is 2.85 bits per heavy atom. The third-order valence-corrected chi connectivity index (χ3v) is 4.89. The Bertz CT molecular complexity index is 758. The summed E-state index contributed by atoms with van der Waals surface area (Å²) >= 11 is 0. The number of rotatable bonds is 6. The predicted octanol–water partition coefficient (Wildman–Crippen LogP) is 1.25. The summed E-state index contributed by atoms with van der Waals surface area (Å²) in [6.07, 6.45) is 7.10. The molecule has 1 atom stereocenters. The van der Waals surface area contributed by atoms with Crippen LogP contribution in [0, 0.1) is 5.92 Å². The number of pyridine rings is 1. The zero-order valence-corrected chi connectivity index (χ0v) is 15.3. The Kier molecular flexibility index (Phi) is 5.65. The fourth-order valence-corrected chi connectivity index (χ4v) is 3.28. The first kappa shape index (κ1) is 18.1. The van der Waals surface area contributed by atoms with Crippen LogP contribution >= 0.6 is 0 Å². The summed E-state index contributed by atoms with van der Waals surface area (Å²) in [6, 6.07) is 5.78. The lowest BCUT2D eigenvalue weighted by atomic mass is 9.95. The first-order valence-electron chi connectivity index (χ1n) is 8.93. The van der Waals surface area contributed by atoms with Gasteiger partial charge in [0.05, 0.1) is 12.5 Å². The molecule has 0 radical (unpaired) electrons. The van der Waals surface area contributed by atoms with Crippen LogP contribution in [0.1, 0.15) is 24.4 Å². The highest BCUT2D eigenvalue weighted by atomic mass is 16.2. The number of amides is 2. The second-order valence-electron chi connectivity index (χ2n) is 6.80. The molecule has 3 rings (SSSR count). The van der Waals surface area contributed by atoms with E-state index in [9.17, 15) is 9.59 Å². The minimum Gasteiger partial charge on any atom is -0.342 e. The van der Waals surface area contributed by atoms with Gasteiger partial charge >= 0.3 is 0 Å². The SMILES string of the molecule is CN(Cc1nccn1C)C(=O)C1CCC(=O)N(CCc2ccccn2)C1. The van der Waals surface area contributed by atoms with Crippen molar-refractivity contribution in [3.8, 4) is 0 Å². The van der Waals surface area contributed by atoms with Crippen LogP contribution in [-0.2, 0) is 29.6 Å². The fourth-order valence-electron chi connectivity index (χ4n) is 3.28. The van der Waals surface area contributed by atoms with Crippen molar-refractivity contribution in [2.24, 2.45) is 13.0 Å². The molecule has 0 bridgehead atoms. The van der Waals surface area contributed by atoms with Gasteiger partial charge in [0.25, 0.3) is 0 Å². The van der Waals surface area contributed by atoms with E-state index in [1.165, 1.54) is 0 Å². The van der Waals surface area contributed by atoms with Gasteiger partial charge in [-0.3, -0.25) is 14.6 Å². The van der Waals surface area contributed by atoms with Crippen LogP contribution < -0.4 is 0 Å². The Morgan fingerprint density at radius 2 is 2.15 bits per heavy atom. The van der Waals surface area contributed by atoms with Crippen molar-refractivity contribution in [3.63, 3.8) is 0 Å². The molecule has 1 saturated heterocycles. The molecule has 0 aliphatic carbocycles. The van der Waals surface area contributed by atoms with Crippen molar-refractivity contribution >= 4 is 11.8 Å². The van der Waals surface area contributed by atoms with Crippen molar-refractivity contribution < 1.29 is 9.59 Å². The molecule has 7 heteroatoms. The summed E-state index contributed by atoms with van der Waals surface area (Å²) in [7, 11) is 3.71. The van der Waals surface area contributed by atoms with Gasteiger partial charge in [0.15, 0.2) is 0 Å². The normalized spacial score (nSPS) is 17.4. The van der Waals surface area contributed by atoms with Crippen molar-refractivity contribution in [2.75, 3.05) is 20.1 Å². The van der Waals surface area contributed by atoms with E-state index < -0.39 is 0 Å². The summed E-state index contributed by atoms with van der Waals surface area (Å²) in [4.78, 5) is 37.1. The molecule has 0 aromatic carbocycles. The van der Waals surface area contributed by atoms with Crippen molar-refractivity contribution in [1.29, 1.82) is 0 Å². The first-order valence-corrected chi connectivity index (χ1v) is 8.93. The van der Waals surface area contributed by atoms with Crippen molar-refractivity contribution in [1.82, 2.24) is 24.3 Å². The molecular formula is C19H25N5O2. The predicted molar refractivity (Wildman–Crippen MR) is 96.9 cm³/mol. The van der Waals surface area contributed by atoms with E-state index in [0.29, 0.717) is 38.9 Å². The molecule has 3 heterocycles. The van der Waals surface area contributed by atoms with Gasteiger partial charge in [0, 0.05) is 64.3 Å². The van der Waals surface area contributed by atoms with Crippen LogP contribution in [-0.4, -0.2) is 56.3 Å². The first-order chi connectivity index (χ1) is 12.5. The van der Waals surface area contributed by atoms with Gasteiger partial charge in [-0.2, -0.15) is 0 Å². The number of nitrogens with zero attached hydrogens (tertiary/aromatic N) is 5. The summed E-state index contributed by atoms with van der Waals surface area (Å²) in [5.74, 6) is 0.890. The van der Waals surface area contributed by atoms with E-state index in [2.05, 4.69) is 9.97 Å². The van der Waals surface area contributed by atoms with Crippen LogP contribution in [0.25, 0.3) is 0 Å². The second-order valence-corrected chi connectivity index (χ2v) is 6.80.